The minimum atomic E-state index is -4.76. The van der Waals surface area contributed by atoms with Crippen molar-refractivity contribution < 1.29 is 18.0 Å². The van der Waals surface area contributed by atoms with Crippen LogP contribution in [-0.4, -0.2) is 30.6 Å². The number of carbonyl (C=O) groups excluding carboxylic acids is 1. The molecule has 13 heavy (non-hydrogen) atoms. The van der Waals surface area contributed by atoms with E-state index in [2.05, 4.69) is 6.58 Å². The number of hydrogen-bond acceptors (Lipinski definition) is 1. The van der Waals surface area contributed by atoms with Crippen molar-refractivity contribution in [3.8, 4) is 0 Å². The Hall–Kier alpha value is -1.00. The van der Waals surface area contributed by atoms with E-state index in [0.29, 0.717) is 17.7 Å². The lowest BCUT2D eigenvalue weighted by atomic mass is 10.3. The molecule has 76 valence electrons. The summed E-state index contributed by atoms with van der Waals surface area (Å²) >= 11 is 0. The lowest BCUT2D eigenvalue weighted by Gasteiger charge is -2.17. The van der Waals surface area contributed by atoms with Crippen LogP contribution in [0, 0.1) is 0 Å². The molecule has 2 nitrogen and oxygen atoms in total. The average molecular weight is 195 g/mol. The molecule has 0 saturated heterocycles. The highest BCUT2D eigenvalue weighted by molar-refractivity contribution is 5.81. The quantitative estimate of drug-likeness (QED) is 0.496. The standard InChI is InChI=1S/C8H12F3NO/c1-3-4-5-6-12(2)7(13)8(9,10)11/h3H,1,4-6H2,2H3. The van der Waals surface area contributed by atoms with E-state index >= 15 is 0 Å². The van der Waals surface area contributed by atoms with Crippen molar-refractivity contribution in [3.05, 3.63) is 12.7 Å². The largest absolute Gasteiger partial charge is 0.471 e. The molecule has 0 spiro atoms. The van der Waals surface area contributed by atoms with Crippen molar-refractivity contribution in [1.29, 1.82) is 0 Å². The van der Waals surface area contributed by atoms with Gasteiger partial charge in [-0.3, -0.25) is 4.79 Å². The summed E-state index contributed by atoms with van der Waals surface area (Å²) in [6.07, 6.45) is -2.05. The SMILES string of the molecule is C=CCCCN(C)C(=O)C(F)(F)F. The lowest BCUT2D eigenvalue weighted by Crippen LogP contribution is -2.38. The van der Waals surface area contributed by atoms with Gasteiger partial charge in [0.05, 0.1) is 0 Å². The van der Waals surface area contributed by atoms with Gasteiger partial charge in [0.15, 0.2) is 0 Å². The fourth-order valence-electron chi connectivity index (χ4n) is 0.791. The van der Waals surface area contributed by atoms with Gasteiger partial charge in [-0.15, -0.1) is 6.58 Å². The molecule has 1 amide bonds. The first-order chi connectivity index (χ1) is 5.89. The zero-order valence-corrected chi connectivity index (χ0v) is 7.40. The van der Waals surface area contributed by atoms with Crippen molar-refractivity contribution in [3.63, 3.8) is 0 Å². The number of unbranched alkanes of at least 4 members (excludes halogenated alkanes) is 1. The normalized spacial score (nSPS) is 11.1. The predicted octanol–water partition coefficient (Wildman–Crippen LogP) is 1.97. The van der Waals surface area contributed by atoms with Crippen LogP contribution in [0.15, 0.2) is 12.7 Å². The summed E-state index contributed by atoms with van der Waals surface area (Å²) in [7, 11) is 1.14. The van der Waals surface area contributed by atoms with Gasteiger partial charge in [0.2, 0.25) is 0 Å². The molecule has 0 N–H and O–H groups in total. The molecule has 0 aromatic heterocycles. The molecule has 0 aromatic rings. The van der Waals surface area contributed by atoms with Crippen LogP contribution in [-0.2, 0) is 4.79 Å². The predicted molar refractivity (Wildman–Crippen MR) is 43.1 cm³/mol. The first-order valence-corrected chi connectivity index (χ1v) is 3.82. The number of alkyl halides is 3. The van der Waals surface area contributed by atoms with E-state index < -0.39 is 12.1 Å². The molecule has 0 rings (SSSR count). The smallest absolute Gasteiger partial charge is 0.338 e. The Morgan fingerprint density at radius 3 is 2.46 bits per heavy atom. The summed E-state index contributed by atoms with van der Waals surface area (Å²) in [5.41, 5.74) is 0. The van der Waals surface area contributed by atoms with Crippen LogP contribution >= 0.6 is 0 Å². The van der Waals surface area contributed by atoms with Crippen LogP contribution in [0.2, 0.25) is 0 Å². The molecule has 5 heteroatoms. The summed E-state index contributed by atoms with van der Waals surface area (Å²) in [5.74, 6) is -1.79. The number of carbonyl (C=O) groups is 1. The summed E-state index contributed by atoms with van der Waals surface area (Å²) in [6, 6.07) is 0. The Bertz CT molecular complexity index is 188. The van der Waals surface area contributed by atoms with Crippen molar-refractivity contribution in [2.75, 3.05) is 13.6 Å². The van der Waals surface area contributed by atoms with Crippen molar-refractivity contribution in [1.82, 2.24) is 4.90 Å². The van der Waals surface area contributed by atoms with E-state index in [-0.39, 0.29) is 6.54 Å². The summed E-state index contributed by atoms with van der Waals surface area (Å²) in [4.78, 5) is 11.2. The van der Waals surface area contributed by atoms with Crippen LogP contribution < -0.4 is 0 Å². The highest BCUT2D eigenvalue weighted by atomic mass is 19.4. The molecule has 0 aromatic carbocycles. The number of allylic oxidation sites excluding steroid dienone is 1. The number of halogens is 3. The topological polar surface area (TPSA) is 20.3 Å². The van der Waals surface area contributed by atoms with Crippen molar-refractivity contribution >= 4 is 5.91 Å². The molecule has 0 bridgehead atoms. The molecule has 0 unspecified atom stereocenters. The highest BCUT2D eigenvalue weighted by Crippen LogP contribution is 2.17. The molecule has 0 aliphatic rings. The van der Waals surface area contributed by atoms with Crippen molar-refractivity contribution in [2.24, 2.45) is 0 Å². The van der Waals surface area contributed by atoms with Gasteiger partial charge in [-0.1, -0.05) is 6.08 Å². The van der Waals surface area contributed by atoms with E-state index in [1.807, 2.05) is 0 Å². The number of nitrogens with zero attached hydrogens (tertiary/aromatic N) is 1. The van der Waals surface area contributed by atoms with Gasteiger partial charge in [0.25, 0.3) is 0 Å². The van der Waals surface area contributed by atoms with Crippen molar-refractivity contribution in [2.45, 2.75) is 19.0 Å². The Balaban J connectivity index is 3.90. The fraction of sp³-hybridized carbons (Fsp3) is 0.625. The zero-order valence-electron chi connectivity index (χ0n) is 7.40. The second-order valence-electron chi connectivity index (χ2n) is 2.66. The second-order valence-corrected chi connectivity index (χ2v) is 2.66. The first-order valence-electron chi connectivity index (χ1n) is 3.82. The molecule has 0 saturated carbocycles. The molecule has 0 atom stereocenters. The molecular formula is C8H12F3NO. The van der Waals surface area contributed by atoms with Crippen LogP contribution in [0.5, 0.6) is 0 Å². The Morgan fingerprint density at radius 2 is 2.08 bits per heavy atom. The highest BCUT2D eigenvalue weighted by Gasteiger charge is 2.40. The maximum absolute atomic E-state index is 11.8. The Morgan fingerprint density at radius 1 is 1.54 bits per heavy atom. The maximum Gasteiger partial charge on any atom is 0.471 e. The minimum Gasteiger partial charge on any atom is -0.338 e. The van der Waals surface area contributed by atoms with Gasteiger partial charge in [-0.2, -0.15) is 13.2 Å². The Kier molecular flexibility index (Phi) is 4.51. The average Bonchev–Trinajstić information content (AvgIpc) is 2.01. The number of amides is 1. The third kappa shape index (κ3) is 4.55. The van der Waals surface area contributed by atoms with E-state index in [4.69, 9.17) is 0 Å². The Labute approximate surface area is 75.0 Å². The number of rotatable bonds is 4. The maximum atomic E-state index is 11.8. The third-order valence-electron chi connectivity index (χ3n) is 1.49. The van der Waals surface area contributed by atoms with Gasteiger partial charge in [-0.05, 0) is 12.8 Å². The molecule has 0 fully saturated rings. The van der Waals surface area contributed by atoms with E-state index in [0.717, 1.165) is 7.05 Å². The van der Waals surface area contributed by atoms with Gasteiger partial charge in [0, 0.05) is 13.6 Å². The van der Waals surface area contributed by atoms with Gasteiger partial charge >= 0.3 is 12.1 Å². The first kappa shape index (κ1) is 12.0. The van der Waals surface area contributed by atoms with Crippen LogP contribution in [0.25, 0.3) is 0 Å². The van der Waals surface area contributed by atoms with Crippen LogP contribution in [0.1, 0.15) is 12.8 Å². The minimum absolute atomic E-state index is 0.102. The molecule has 0 aliphatic carbocycles. The second kappa shape index (κ2) is 4.89. The van der Waals surface area contributed by atoms with E-state index in [1.54, 1.807) is 6.08 Å². The van der Waals surface area contributed by atoms with Gasteiger partial charge < -0.3 is 4.90 Å². The molecular weight excluding hydrogens is 183 g/mol. The third-order valence-corrected chi connectivity index (χ3v) is 1.49. The van der Waals surface area contributed by atoms with E-state index in [9.17, 15) is 18.0 Å². The molecule has 0 aliphatic heterocycles. The monoisotopic (exact) mass is 195 g/mol. The molecule has 0 heterocycles. The summed E-state index contributed by atoms with van der Waals surface area (Å²) in [5, 5.41) is 0. The van der Waals surface area contributed by atoms with Crippen LogP contribution in [0.3, 0.4) is 0 Å². The van der Waals surface area contributed by atoms with Crippen LogP contribution in [0.4, 0.5) is 13.2 Å². The van der Waals surface area contributed by atoms with Gasteiger partial charge in [-0.25, -0.2) is 0 Å². The number of hydrogen-bond donors (Lipinski definition) is 0. The summed E-state index contributed by atoms with van der Waals surface area (Å²) < 4.78 is 35.4. The van der Waals surface area contributed by atoms with Gasteiger partial charge in [0.1, 0.15) is 0 Å². The fourth-order valence-corrected chi connectivity index (χ4v) is 0.791. The summed E-state index contributed by atoms with van der Waals surface area (Å²) in [6.45, 7) is 3.53. The van der Waals surface area contributed by atoms with E-state index in [1.165, 1.54) is 0 Å². The molecule has 0 radical (unpaired) electrons. The lowest BCUT2D eigenvalue weighted by molar-refractivity contribution is -0.184. The zero-order chi connectivity index (χ0) is 10.5.